The Hall–Kier alpha value is -1.88. The van der Waals surface area contributed by atoms with Crippen molar-refractivity contribution in [3.63, 3.8) is 0 Å². The van der Waals surface area contributed by atoms with Crippen LogP contribution in [0.15, 0.2) is 46.0 Å². The molecule has 94 valence electrons. The molecule has 1 rings (SSSR count). The van der Waals surface area contributed by atoms with E-state index in [0.717, 1.165) is 10.5 Å². The average Bonchev–Trinajstić information content (AvgIpc) is 2.26. The SMILES string of the molecule is CC(=C\C(=O)O)/C(=C/c1ccc(Br)cc1)C(=O)O. The highest BCUT2D eigenvalue weighted by Gasteiger charge is 2.10. The summed E-state index contributed by atoms with van der Waals surface area (Å²) in [5.74, 6) is -2.33. The molecule has 0 aliphatic carbocycles. The maximum atomic E-state index is 11.1. The predicted octanol–water partition coefficient (Wildman–Crippen LogP) is 2.95. The maximum absolute atomic E-state index is 11.1. The summed E-state index contributed by atoms with van der Waals surface area (Å²) in [6.07, 6.45) is 2.31. The standard InChI is InChI=1S/C13H11BrO4/c1-8(6-12(15)16)11(13(17)18)7-9-2-4-10(14)5-3-9/h2-7H,1H3,(H,15,16)(H,17,18)/b8-6+,11-7-. The van der Waals surface area contributed by atoms with Crippen LogP contribution in [0, 0.1) is 0 Å². The Bertz CT molecular complexity index is 526. The first kappa shape index (κ1) is 14.2. The zero-order valence-corrected chi connectivity index (χ0v) is 11.1. The van der Waals surface area contributed by atoms with Gasteiger partial charge in [-0.3, -0.25) is 0 Å². The lowest BCUT2D eigenvalue weighted by atomic mass is 10.0. The third-order valence-corrected chi connectivity index (χ3v) is 2.70. The fourth-order valence-electron chi connectivity index (χ4n) is 1.33. The van der Waals surface area contributed by atoms with Crippen LogP contribution >= 0.6 is 15.9 Å². The minimum absolute atomic E-state index is 0.0419. The minimum Gasteiger partial charge on any atom is -0.478 e. The Morgan fingerprint density at radius 2 is 1.72 bits per heavy atom. The van der Waals surface area contributed by atoms with Crippen molar-refractivity contribution >= 4 is 33.9 Å². The van der Waals surface area contributed by atoms with E-state index in [-0.39, 0.29) is 11.1 Å². The third kappa shape index (κ3) is 4.18. The van der Waals surface area contributed by atoms with Gasteiger partial charge in [-0.05, 0) is 36.3 Å². The molecule has 0 atom stereocenters. The molecule has 0 aliphatic heterocycles. The molecule has 5 heteroatoms. The van der Waals surface area contributed by atoms with Crippen LogP contribution < -0.4 is 0 Å². The normalized spacial score (nSPS) is 12.3. The van der Waals surface area contributed by atoms with Crippen LogP contribution in [-0.2, 0) is 9.59 Å². The predicted molar refractivity (Wildman–Crippen MR) is 71.1 cm³/mol. The third-order valence-electron chi connectivity index (χ3n) is 2.18. The van der Waals surface area contributed by atoms with Gasteiger partial charge >= 0.3 is 11.9 Å². The minimum atomic E-state index is -1.17. The summed E-state index contributed by atoms with van der Waals surface area (Å²) in [4.78, 5) is 21.6. The molecule has 0 bridgehead atoms. The Balaban J connectivity index is 3.17. The number of carboxylic acid groups (broad SMARTS) is 2. The van der Waals surface area contributed by atoms with Crippen LogP contribution in [0.25, 0.3) is 6.08 Å². The maximum Gasteiger partial charge on any atom is 0.335 e. The second-order valence-electron chi connectivity index (χ2n) is 3.58. The van der Waals surface area contributed by atoms with Gasteiger partial charge in [0.15, 0.2) is 0 Å². The fourth-order valence-corrected chi connectivity index (χ4v) is 1.60. The quantitative estimate of drug-likeness (QED) is 0.662. The summed E-state index contributed by atoms with van der Waals surface area (Å²) in [6, 6.07) is 7.03. The van der Waals surface area contributed by atoms with Crippen molar-refractivity contribution in [2.45, 2.75) is 6.92 Å². The number of benzene rings is 1. The van der Waals surface area contributed by atoms with Gasteiger partial charge in [-0.2, -0.15) is 0 Å². The Kier molecular flexibility index (Phi) is 4.85. The molecule has 2 N–H and O–H groups in total. The van der Waals surface area contributed by atoms with Gasteiger partial charge in [-0.15, -0.1) is 0 Å². The van der Waals surface area contributed by atoms with E-state index >= 15 is 0 Å². The summed E-state index contributed by atoms with van der Waals surface area (Å²) in [7, 11) is 0. The zero-order valence-electron chi connectivity index (χ0n) is 9.55. The molecular formula is C13H11BrO4. The highest BCUT2D eigenvalue weighted by molar-refractivity contribution is 9.10. The van der Waals surface area contributed by atoms with Crippen LogP contribution in [0.3, 0.4) is 0 Å². The summed E-state index contributed by atoms with van der Waals surface area (Å²) < 4.78 is 0.884. The number of hydrogen-bond acceptors (Lipinski definition) is 2. The molecule has 0 unspecified atom stereocenters. The Labute approximate surface area is 112 Å². The molecule has 1 aromatic carbocycles. The molecular weight excluding hydrogens is 300 g/mol. The first-order valence-corrected chi connectivity index (χ1v) is 5.81. The summed E-state index contributed by atoms with van der Waals surface area (Å²) >= 11 is 3.28. The van der Waals surface area contributed by atoms with Crippen LogP contribution in [0.5, 0.6) is 0 Å². The van der Waals surface area contributed by atoms with Gasteiger partial charge < -0.3 is 10.2 Å². The van der Waals surface area contributed by atoms with E-state index in [4.69, 9.17) is 10.2 Å². The highest BCUT2D eigenvalue weighted by atomic mass is 79.9. The van der Waals surface area contributed by atoms with Gasteiger partial charge in [0, 0.05) is 10.5 Å². The van der Waals surface area contributed by atoms with Crippen molar-refractivity contribution in [1.82, 2.24) is 0 Å². The van der Waals surface area contributed by atoms with Crippen molar-refractivity contribution in [2.24, 2.45) is 0 Å². The molecule has 0 heterocycles. The van der Waals surface area contributed by atoms with E-state index < -0.39 is 11.9 Å². The molecule has 0 saturated carbocycles. The highest BCUT2D eigenvalue weighted by Crippen LogP contribution is 2.17. The monoisotopic (exact) mass is 310 g/mol. The van der Waals surface area contributed by atoms with E-state index in [1.54, 1.807) is 24.3 Å². The lowest BCUT2D eigenvalue weighted by molar-refractivity contribution is -0.132. The largest absolute Gasteiger partial charge is 0.478 e. The molecule has 1 aromatic rings. The van der Waals surface area contributed by atoms with Crippen molar-refractivity contribution in [2.75, 3.05) is 0 Å². The lowest BCUT2D eigenvalue weighted by Crippen LogP contribution is -2.03. The fraction of sp³-hybridized carbons (Fsp3) is 0.0769. The van der Waals surface area contributed by atoms with Gasteiger partial charge in [-0.25, -0.2) is 9.59 Å². The van der Waals surface area contributed by atoms with Crippen LogP contribution in [-0.4, -0.2) is 22.2 Å². The molecule has 0 amide bonds. The molecule has 18 heavy (non-hydrogen) atoms. The molecule has 4 nitrogen and oxygen atoms in total. The zero-order chi connectivity index (χ0) is 13.7. The summed E-state index contributed by atoms with van der Waals surface area (Å²) in [5.41, 5.74) is 0.839. The van der Waals surface area contributed by atoms with Crippen molar-refractivity contribution < 1.29 is 19.8 Å². The van der Waals surface area contributed by atoms with Crippen molar-refractivity contribution in [3.05, 3.63) is 51.5 Å². The molecule has 0 radical (unpaired) electrons. The van der Waals surface area contributed by atoms with Gasteiger partial charge in [0.05, 0.1) is 5.57 Å². The number of rotatable bonds is 4. The van der Waals surface area contributed by atoms with E-state index in [2.05, 4.69) is 15.9 Å². The van der Waals surface area contributed by atoms with Crippen molar-refractivity contribution in [3.8, 4) is 0 Å². The Morgan fingerprint density at radius 3 is 2.17 bits per heavy atom. The van der Waals surface area contributed by atoms with E-state index in [1.807, 2.05) is 0 Å². The Morgan fingerprint density at radius 1 is 1.17 bits per heavy atom. The smallest absolute Gasteiger partial charge is 0.335 e. The van der Waals surface area contributed by atoms with Gasteiger partial charge in [0.25, 0.3) is 0 Å². The number of hydrogen-bond donors (Lipinski definition) is 2. The second kappa shape index (κ2) is 6.16. The van der Waals surface area contributed by atoms with Crippen LogP contribution in [0.1, 0.15) is 12.5 Å². The lowest BCUT2D eigenvalue weighted by Gasteiger charge is -2.02. The van der Waals surface area contributed by atoms with Gasteiger partial charge in [-0.1, -0.05) is 28.1 Å². The first-order valence-electron chi connectivity index (χ1n) is 5.02. The summed E-state index contributed by atoms with van der Waals surface area (Å²) in [5, 5.41) is 17.7. The first-order chi connectivity index (χ1) is 8.40. The number of halogens is 1. The topological polar surface area (TPSA) is 74.6 Å². The number of carbonyl (C=O) groups is 2. The van der Waals surface area contributed by atoms with Crippen molar-refractivity contribution in [1.29, 1.82) is 0 Å². The van der Waals surface area contributed by atoms with Gasteiger partial charge in [0.1, 0.15) is 0 Å². The van der Waals surface area contributed by atoms with Crippen LogP contribution in [0.2, 0.25) is 0 Å². The molecule has 0 spiro atoms. The van der Waals surface area contributed by atoms with E-state index in [9.17, 15) is 9.59 Å². The number of carboxylic acids is 2. The van der Waals surface area contributed by atoms with Gasteiger partial charge in [0.2, 0.25) is 0 Å². The average molecular weight is 311 g/mol. The van der Waals surface area contributed by atoms with Crippen LogP contribution in [0.4, 0.5) is 0 Å². The molecule has 0 aliphatic rings. The molecule has 0 aromatic heterocycles. The van der Waals surface area contributed by atoms with E-state index in [1.165, 1.54) is 13.0 Å². The van der Waals surface area contributed by atoms with E-state index in [0.29, 0.717) is 5.56 Å². The summed E-state index contributed by atoms with van der Waals surface area (Å²) in [6.45, 7) is 1.45. The number of aliphatic carboxylic acids is 2. The molecule has 0 fully saturated rings. The second-order valence-corrected chi connectivity index (χ2v) is 4.50. The molecule has 0 saturated heterocycles.